The SMILES string of the molecule is c1ccc(Sc2cccc(Sc3ccccc3)c2-n2cc(CN3CCN(C4(c5cc6ccccc6s5)CCCCC4)CC3)nn2)cc1. The Balaban J connectivity index is 1.01. The molecular formula is C39H39N5S3. The minimum Gasteiger partial charge on any atom is -0.295 e. The highest BCUT2D eigenvalue weighted by molar-refractivity contribution is 8.00. The summed E-state index contributed by atoms with van der Waals surface area (Å²) in [5.41, 5.74) is 2.29. The molecule has 1 saturated carbocycles. The fourth-order valence-electron chi connectivity index (χ4n) is 7.23. The molecule has 0 bridgehead atoms. The largest absolute Gasteiger partial charge is 0.295 e. The summed E-state index contributed by atoms with van der Waals surface area (Å²) >= 11 is 5.57. The lowest BCUT2D eigenvalue weighted by atomic mass is 9.78. The van der Waals surface area contributed by atoms with Gasteiger partial charge in [-0.1, -0.05) is 109 Å². The number of hydrogen-bond acceptors (Lipinski definition) is 7. The molecule has 4 aromatic carbocycles. The maximum Gasteiger partial charge on any atom is 0.0971 e. The minimum atomic E-state index is 0.185. The number of thiophene rings is 1. The van der Waals surface area contributed by atoms with Gasteiger partial charge in [0.05, 0.1) is 23.1 Å². The van der Waals surface area contributed by atoms with Gasteiger partial charge in [-0.15, -0.1) is 16.4 Å². The van der Waals surface area contributed by atoms with Gasteiger partial charge in [-0.3, -0.25) is 9.80 Å². The van der Waals surface area contributed by atoms with E-state index in [1.807, 2.05) is 16.0 Å². The summed E-state index contributed by atoms with van der Waals surface area (Å²) in [4.78, 5) is 11.7. The molecule has 6 aromatic rings. The third-order valence-corrected chi connectivity index (χ3v) is 13.0. The van der Waals surface area contributed by atoms with E-state index in [4.69, 9.17) is 10.3 Å². The van der Waals surface area contributed by atoms with Crippen LogP contribution in [0.4, 0.5) is 0 Å². The molecule has 0 radical (unpaired) electrons. The fraction of sp³-hybridized carbons (Fsp3) is 0.282. The maximum atomic E-state index is 4.72. The summed E-state index contributed by atoms with van der Waals surface area (Å²) < 4.78 is 3.42. The molecule has 0 spiro atoms. The first-order valence-electron chi connectivity index (χ1n) is 16.7. The van der Waals surface area contributed by atoms with Crippen molar-refractivity contribution in [3.05, 3.63) is 126 Å². The quantitative estimate of drug-likeness (QED) is 0.152. The number of rotatable bonds is 9. The van der Waals surface area contributed by atoms with Gasteiger partial charge >= 0.3 is 0 Å². The predicted octanol–water partition coefficient (Wildman–Crippen LogP) is 9.76. The predicted molar refractivity (Wildman–Crippen MR) is 196 cm³/mol. The van der Waals surface area contributed by atoms with Crippen LogP contribution >= 0.6 is 34.9 Å². The van der Waals surface area contributed by atoms with Gasteiger partial charge in [0.1, 0.15) is 0 Å². The number of fused-ring (bicyclic) bond motifs is 1. The molecule has 0 unspecified atom stereocenters. The summed E-state index contributed by atoms with van der Waals surface area (Å²) in [6.45, 7) is 5.11. The highest BCUT2D eigenvalue weighted by atomic mass is 32.2. The van der Waals surface area contributed by atoms with Crippen molar-refractivity contribution in [2.75, 3.05) is 26.2 Å². The van der Waals surface area contributed by atoms with Gasteiger partial charge in [0.15, 0.2) is 0 Å². The molecule has 47 heavy (non-hydrogen) atoms. The maximum absolute atomic E-state index is 4.72. The van der Waals surface area contributed by atoms with Gasteiger partial charge in [-0.25, -0.2) is 4.68 Å². The number of piperazine rings is 1. The molecule has 3 heterocycles. The van der Waals surface area contributed by atoms with Gasteiger partial charge in [-0.05, 0) is 66.8 Å². The van der Waals surface area contributed by atoms with E-state index < -0.39 is 0 Å². The molecular weight excluding hydrogens is 635 g/mol. The second-order valence-corrected chi connectivity index (χ2v) is 15.9. The van der Waals surface area contributed by atoms with E-state index in [1.54, 1.807) is 28.4 Å². The average molecular weight is 674 g/mol. The lowest BCUT2D eigenvalue weighted by molar-refractivity contribution is 0.00426. The molecule has 0 atom stereocenters. The van der Waals surface area contributed by atoms with E-state index in [9.17, 15) is 0 Å². The zero-order valence-electron chi connectivity index (χ0n) is 26.5. The van der Waals surface area contributed by atoms with Crippen LogP contribution in [-0.2, 0) is 12.1 Å². The second-order valence-electron chi connectivity index (χ2n) is 12.6. The lowest BCUT2D eigenvalue weighted by Crippen LogP contribution is -2.55. The molecule has 0 N–H and O–H groups in total. The molecule has 2 aromatic heterocycles. The Hall–Kier alpha value is -3.40. The van der Waals surface area contributed by atoms with Crippen molar-refractivity contribution in [2.45, 2.75) is 63.8 Å². The first kappa shape index (κ1) is 30.9. The smallest absolute Gasteiger partial charge is 0.0971 e. The zero-order valence-corrected chi connectivity index (χ0v) is 29.0. The van der Waals surface area contributed by atoms with Crippen LogP contribution in [0.15, 0.2) is 135 Å². The molecule has 2 fully saturated rings. The standard InChI is InChI=1S/C39H39N5S3/c1-4-14-32(15-5-1)45-35-19-12-20-36(46-33-16-6-2-7-17-33)38(35)44-29-31(40-41-44)28-42-23-25-43(26-24-42)39(21-10-3-11-22-39)37-27-30-13-8-9-18-34(30)47-37/h1-2,4-9,12-20,27,29H,3,10-11,21-26,28H2. The average Bonchev–Trinajstić information content (AvgIpc) is 3.78. The summed E-state index contributed by atoms with van der Waals surface area (Å²) in [6, 6.07) is 39.1. The van der Waals surface area contributed by atoms with Crippen LogP contribution in [0.1, 0.15) is 42.7 Å². The first-order valence-corrected chi connectivity index (χ1v) is 19.2. The van der Waals surface area contributed by atoms with Crippen molar-refractivity contribution in [1.29, 1.82) is 0 Å². The van der Waals surface area contributed by atoms with Crippen LogP contribution in [0.3, 0.4) is 0 Å². The third kappa shape index (κ3) is 6.67. The molecule has 1 aliphatic heterocycles. The van der Waals surface area contributed by atoms with Gasteiger partial charge in [-0.2, -0.15) is 0 Å². The normalized spacial score (nSPS) is 17.3. The highest BCUT2D eigenvalue weighted by Crippen LogP contribution is 2.47. The van der Waals surface area contributed by atoms with Crippen molar-refractivity contribution in [2.24, 2.45) is 0 Å². The summed E-state index contributed by atoms with van der Waals surface area (Å²) in [5, 5.41) is 10.8. The molecule has 0 amide bonds. The number of aromatic nitrogens is 3. The van der Waals surface area contributed by atoms with Gasteiger partial charge in [0.25, 0.3) is 0 Å². The Morgan fingerprint density at radius 1 is 0.681 bits per heavy atom. The zero-order chi connectivity index (χ0) is 31.5. The third-order valence-electron chi connectivity index (χ3n) is 9.60. The molecule has 5 nitrogen and oxygen atoms in total. The van der Waals surface area contributed by atoms with Crippen LogP contribution in [0, 0.1) is 0 Å². The van der Waals surface area contributed by atoms with Crippen LogP contribution in [-0.4, -0.2) is 51.0 Å². The van der Waals surface area contributed by atoms with E-state index >= 15 is 0 Å². The van der Waals surface area contributed by atoms with Gasteiger partial charge in [0.2, 0.25) is 0 Å². The van der Waals surface area contributed by atoms with Gasteiger partial charge in [0, 0.05) is 61.9 Å². The van der Waals surface area contributed by atoms with Crippen LogP contribution in [0.25, 0.3) is 15.8 Å². The Labute approximate surface area is 290 Å². The van der Waals surface area contributed by atoms with Crippen molar-refractivity contribution < 1.29 is 0 Å². The minimum absolute atomic E-state index is 0.185. The highest BCUT2D eigenvalue weighted by Gasteiger charge is 2.42. The summed E-state index contributed by atoms with van der Waals surface area (Å²) in [5.74, 6) is 0. The summed E-state index contributed by atoms with van der Waals surface area (Å²) in [7, 11) is 0. The first-order chi connectivity index (χ1) is 23.2. The van der Waals surface area contributed by atoms with Crippen molar-refractivity contribution in [1.82, 2.24) is 24.8 Å². The Kier molecular flexibility index (Phi) is 9.20. The fourth-order valence-corrected chi connectivity index (χ4v) is 10.6. The van der Waals surface area contributed by atoms with E-state index in [-0.39, 0.29) is 5.54 Å². The topological polar surface area (TPSA) is 37.2 Å². The van der Waals surface area contributed by atoms with Crippen LogP contribution < -0.4 is 0 Å². The number of benzene rings is 4. The number of hydrogen-bond donors (Lipinski definition) is 0. The Morgan fingerprint density at radius 2 is 1.32 bits per heavy atom. The van der Waals surface area contributed by atoms with Gasteiger partial charge < -0.3 is 0 Å². The van der Waals surface area contributed by atoms with Crippen molar-refractivity contribution in [3.63, 3.8) is 0 Å². The molecule has 2 aliphatic rings. The van der Waals surface area contributed by atoms with Crippen molar-refractivity contribution >= 4 is 44.9 Å². The molecule has 1 aliphatic carbocycles. The Bertz CT molecular complexity index is 1830. The van der Waals surface area contributed by atoms with Crippen LogP contribution in [0.5, 0.6) is 0 Å². The van der Waals surface area contributed by atoms with E-state index in [0.717, 1.165) is 44.1 Å². The van der Waals surface area contributed by atoms with E-state index in [1.165, 1.54) is 61.8 Å². The summed E-state index contributed by atoms with van der Waals surface area (Å²) in [6.07, 6.45) is 8.71. The van der Waals surface area contributed by atoms with E-state index in [2.05, 4.69) is 125 Å². The second kappa shape index (κ2) is 14.0. The molecule has 238 valence electrons. The van der Waals surface area contributed by atoms with Crippen LogP contribution in [0.2, 0.25) is 0 Å². The monoisotopic (exact) mass is 673 g/mol. The Morgan fingerprint density at radius 3 is 1.98 bits per heavy atom. The molecule has 8 heteroatoms. The number of nitrogens with zero attached hydrogens (tertiary/aromatic N) is 5. The van der Waals surface area contributed by atoms with E-state index in [0.29, 0.717) is 0 Å². The van der Waals surface area contributed by atoms with Crippen molar-refractivity contribution in [3.8, 4) is 5.69 Å². The molecule has 8 rings (SSSR count). The lowest BCUT2D eigenvalue weighted by Gasteiger charge is -2.49. The number of para-hydroxylation sites is 1. The molecule has 1 saturated heterocycles.